The van der Waals surface area contributed by atoms with E-state index in [1.54, 1.807) is 6.07 Å². The van der Waals surface area contributed by atoms with Crippen LogP contribution in [0.15, 0.2) is 10.5 Å². The lowest BCUT2D eigenvalue weighted by atomic mass is 9.93. The Kier molecular flexibility index (Phi) is 2.14. The molecule has 1 N–H and O–H groups in total. The summed E-state index contributed by atoms with van der Waals surface area (Å²) in [5.74, 6) is 0.901. The monoisotopic (exact) mass is 208 g/mol. The van der Waals surface area contributed by atoms with Gasteiger partial charge in [0.05, 0.1) is 0 Å². The van der Waals surface area contributed by atoms with Crippen molar-refractivity contribution in [1.82, 2.24) is 0 Å². The lowest BCUT2D eigenvalue weighted by Gasteiger charge is -2.13. The fourth-order valence-corrected chi connectivity index (χ4v) is 1.59. The first kappa shape index (κ1) is 10.3. The van der Waals surface area contributed by atoms with E-state index in [1.165, 1.54) is 0 Å². The van der Waals surface area contributed by atoms with Crippen molar-refractivity contribution in [2.45, 2.75) is 44.9 Å². The van der Waals surface area contributed by atoms with Crippen LogP contribution in [0.3, 0.4) is 0 Å². The highest BCUT2D eigenvalue weighted by molar-refractivity contribution is 5.89. The first-order valence-electron chi connectivity index (χ1n) is 5.27. The van der Waals surface area contributed by atoms with Crippen LogP contribution in [0.5, 0.6) is 0 Å². The summed E-state index contributed by atoms with van der Waals surface area (Å²) in [5.41, 5.74) is 0.222. The number of furan rings is 1. The summed E-state index contributed by atoms with van der Waals surface area (Å²) in [6, 6.07) is 1.68. The van der Waals surface area contributed by atoms with Crippen molar-refractivity contribution in [2.75, 3.05) is 0 Å². The third kappa shape index (κ3) is 1.91. The zero-order chi connectivity index (χ0) is 11.2. The molecular weight excluding hydrogens is 192 g/mol. The fraction of sp³-hybridized carbons (Fsp3) is 0.583. The summed E-state index contributed by atoms with van der Waals surface area (Å²) in [6.45, 7) is 6.07. The zero-order valence-electron chi connectivity index (χ0n) is 9.33. The second kappa shape index (κ2) is 3.12. The molecule has 3 nitrogen and oxygen atoms in total. The highest BCUT2D eigenvalue weighted by Crippen LogP contribution is 2.44. The number of hydrogen-bond acceptors (Lipinski definition) is 2. The molecule has 0 spiro atoms. The average Bonchev–Trinajstić information content (AvgIpc) is 2.81. The number of hydrogen-bond donors (Lipinski definition) is 1. The molecule has 15 heavy (non-hydrogen) atoms. The molecule has 1 aromatic rings. The second-order valence-corrected chi connectivity index (χ2v) is 5.22. The van der Waals surface area contributed by atoms with Crippen molar-refractivity contribution >= 4 is 5.97 Å². The van der Waals surface area contributed by atoms with Crippen molar-refractivity contribution in [3.8, 4) is 0 Å². The van der Waals surface area contributed by atoms with Crippen LogP contribution in [0, 0.1) is 0 Å². The Morgan fingerprint density at radius 2 is 2.07 bits per heavy atom. The second-order valence-electron chi connectivity index (χ2n) is 5.22. The standard InChI is InChI=1S/C12H16O3/c1-12(2,3)9-6-8(11(13)14)10(15-9)7-4-5-7/h6-7H,4-5H2,1-3H3,(H,13,14). The number of rotatable bonds is 2. The Labute approximate surface area is 89.1 Å². The molecule has 3 heteroatoms. The van der Waals surface area contributed by atoms with E-state index in [2.05, 4.69) is 0 Å². The predicted molar refractivity (Wildman–Crippen MR) is 56.3 cm³/mol. The van der Waals surface area contributed by atoms with Gasteiger partial charge in [-0.1, -0.05) is 20.8 Å². The van der Waals surface area contributed by atoms with E-state index in [1.807, 2.05) is 20.8 Å². The normalized spacial score (nSPS) is 16.7. The van der Waals surface area contributed by atoms with Gasteiger partial charge >= 0.3 is 5.97 Å². The van der Waals surface area contributed by atoms with Gasteiger partial charge in [-0.05, 0) is 18.9 Å². The van der Waals surface area contributed by atoms with Crippen LogP contribution in [0.2, 0.25) is 0 Å². The van der Waals surface area contributed by atoms with Gasteiger partial charge in [0.2, 0.25) is 0 Å². The molecule has 0 radical (unpaired) electrons. The van der Waals surface area contributed by atoms with E-state index < -0.39 is 5.97 Å². The van der Waals surface area contributed by atoms with Crippen LogP contribution >= 0.6 is 0 Å². The summed E-state index contributed by atoms with van der Waals surface area (Å²) in [6.07, 6.45) is 2.11. The topological polar surface area (TPSA) is 50.4 Å². The van der Waals surface area contributed by atoms with Crippen molar-refractivity contribution in [3.63, 3.8) is 0 Å². The van der Waals surface area contributed by atoms with E-state index >= 15 is 0 Å². The van der Waals surface area contributed by atoms with Gasteiger partial charge in [0.1, 0.15) is 17.1 Å². The molecule has 1 aromatic heterocycles. The smallest absolute Gasteiger partial charge is 0.339 e. The zero-order valence-corrected chi connectivity index (χ0v) is 9.33. The fourth-order valence-electron chi connectivity index (χ4n) is 1.59. The molecule has 2 rings (SSSR count). The third-order valence-electron chi connectivity index (χ3n) is 2.68. The molecule has 1 fully saturated rings. The first-order valence-corrected chi connectivity index (χ1v) is 5.27. The van der Waals surface area contributed by atoms with Crippen molar-refractivity contribution in [3.05, 3.63) is 23.2 Å². The van der Waals surface area contributed by atoms with Crippen LogP contribution in [0.25, 0.3) is 0 Å². The predicted octanol–water partition coefficient (Wildman–Crippen LogP) is 3.15. The summed E-state index contributed by atoms with van der Waals surface area (Å²) in [4.78, 5) is 11.0. The average molecular weight is 208 g/mol. The number of carbonyl (C=O) groups is 1. The highest BCUT2D eigenvalue weighted by Gasteiger charge is 2.34. The maximum absolute atomic E-state index is 11.0. The lowest BCUT2D eigenvalue weighted by molar-refractivity contribution is 0.0694. The van der Waals surface area contributed by atoms with Crippen LogP contribution in [0.1, 0.15) is 61.4 Å². The van der Waals surface area contributed by atoms with Crippen molar-refractivity contribution < 1.29 is 14.3 Å². The molecule has 0 bridgehead atoms. The van der Waals surface area contributed by atoms with Gasteiger partial charge in [-0.3, -0.25) is 0 Å². The Morgan fingerprint density at radius 1 is 1.47 bits per heavy atom. The minimum Gasteiger partial charge on any atom is -0.478 e. The minimum atomic E-state index is -0.879. The van der Waals surface area contributed by atoms with Crippen LogP contribution in [0.4, 0.5) is 0 Å². The summed E-state index contributed by atoms with van der Waals surface area (Å²) in [5, 5.41) is 9.06. The van der Waals surface area contributed by atoms with Crippen molar-refractivity contribution in [2.24, 2.45) is 0 Å². The van der Waals surface area contributed by atoms with Gasteiger partial charge < -0.3 is 9.52 Å². The van der Waals surface area contributed by atoms with E-state index in [4.69, 9.17) is 9.52 Å². The molecule has 1 aliphatic carbocycles. The van der Waals surface area contributed by atoms with Gasteiger partial charge in [0.25, 0.3) is 0 Å². The minimum absolute atomic E-state index is 0.128. The van der Waals surface area contributed by atoms with E-state index in [0.717, 1.165) is 18.6 Å². The van der Waals surface area contributed by atoms with Gasteiger partial charge in [-0.15, -0.1) is 0 Å². The molecule has 1 saturated carbocycles. The Bertz CT molecular complexity index is 391. The quantitative estimate of drug-likeness (QED) is 0.812. The van der Waals surface area contributed by atoms with Crippen LogP contribution in [-0.2, 0) is 5.41 Å². The third-order valence-corrected chi connectivity index (χ3v) is 2.68. The van der Waals surface area contributed by atoms with Gasteiger partial charge in [0, 0.05) is 11.3 Å². The van der Waals surface area contributed by atoms with Gasteiger partial charge in [-0.25, -0.2) is 4.79 Å². The highest BCUT2D eigenvalue weighted by atomic mass is 16.4. The molecule has 0 atom stereocenters. The molecular formula is C12H16O3. The van der Waals surface area contributed by atoms with E-state index in [9.17, 15) is 4.79 Å². The molecule has 82 valence electrons. The Morgan fingerprint density at radius 3 is 2.47 bits per heavy atom. The van der Waals surface area contributed by atoms with Crippen molar-refractivity contribution in [1.29, 1.82) is 0 Å². The van der Waals surface area contributed by atoms with Crippen LogP contribution in [-0.4, -0.2) is 11.1 Å². The molecule has 0 aromatic carbocycles. The SMILES string of the molecule is CC(C)(C)c1cc(C(=O)O)c(C2CC2)o1. The van der Waals surface area contributed by atoms with E-state index in [-0.39, 0.29) is 5.41 Å². The maximum Gasteiger partial charge on any atom is 0.339 e. The lowest BCUT2D eigenvalue weighted by Crippen LogP contribution is -2.09. The van der Waals surface area contributed by atoms with E-state index in [0.29, 0.717) is 17.2 Å². The Balaban J connectivity index is 2.44. The molecule has 1 heterocycles. The Hall–Kier alpha value is -1.25. The molecule has 0 saturated heterocycles. The number of aromatic carboxylic acids is 1. The van der Waals surface area contributed by atoms with Gasteiger partial charge in [0.15, 0.2) is 0 Å². The van der Waals surface area contributed by atoms with Gasteiger partial charge in [-0.2, -0.15) is 0 Å². The van der Waals surface area contributed by atoms with Crippen LogP contribution < -0.4 is 0 Å². The largest absolute Gasteiger partial charge is 0.478 e. The molecule has 0 unspecified atom stereocenters. The summed E-state index contributed by atoms with van der Waals surface area (Å²) < 4.78 is 5.68. The maximum atomic E-state index is 11.0. The summed E-state index contributed by atoms with van der Waals surface area (Å²) >= 11 is 0. The number of carboxylic acid groups (broad SMARTS) is 1. The first-order chi connectivity index (χ1) is 6.89. The molecule has 0 amide bonds. The molecule has 0 aliphatic heterocycles. The number of carboxylic acids is 1. The molecule has 1 aliphatic rings. The summed E-state index contributed by atoms with van der Waals surface area (Å²) in [7, 11) is 0.